The normalized spacial score (nSPS) is 4.80. The SMILES string of the molecule is CCC[CH2][SnH].Cl.Cl.Cl.[CH3][SnH]. The Hall–Kier alpha value is 2.47. The Balaban J connectivity index is -0.0000000154. The predicted octanol–water partition coefficient (Wildman–Crippen LogP) is 2.31. The van der Waals surface area contributed by atoms with Crippen LogP contribution >= 0.6 is 37.2 Å². The summed E-state index contributed by atoms with van der Waals surface area (Å²) >= 11 is 2.80. The van der Waals surface area contributed by atoms with E-state index in [2.05, 4.69) is 11.9 Å². The van der Waals surface area contributed by atoms with Crippen molar-refractivity contribution in [2.45, 2.75) is 29.1 Å². The average Bonchev–Trinajstić information content (AvgIpc) is 1.75. The van der Waals surface area contributed by atoms with Crippen LogP contribution in [0.3, 0.4) is 0 Å². The van der Waals surface area contributed by atoms with E-state index in [4.69, 9.17) is 0 Å². The van der Waals surface area contributed by atoms with Crippen molar-refractivity contribution in [2.24, 2.45) is 0 Å². The number of unbranched alkanes of at least 4 members (excludes halogenated alkanes) is 1. The fourth-order valence-corrected chi connectivity index (χ4v) is 1.37. The van der Waals surface area contributed by atoms with Gasteiger partial charge in [-0.3, -0.25) is 0 Å². The summed E-state index contributed by atoms with van der Waals surface area (Å²) in [5.74, 6) is 0. The van der Waals surface area contributed by atoms with Gasteiger partial charge in [-0.1, -0.05) is 0 Å². The standard InChI is InChI=1S/C4H9.CH3.3ClH.2Sn.2H/c1-3-4-2;;;;;;;;/h1,3-4H2,2H3;1H3;3*1H;;;;. The van der Waals surface area contributed by atoms with Gasteiger partial charge >= 0.3 is 74.2 Å². The molecular weight excluding hydrogens is 404 g/mol. The third kappa shape index (κ3) is 47.0. The van der Waals surface area contributed by atoms with Gasteiger partial charge in [0.2, 0.25) is 0 Å². The minimum absolute atomic E-state index is 0. The molecular formula is C5H17Cl3Sn2. The van der Waals surface area contributed by atoms with E-state index in [0.717, 1.165) is 0 Å². The van der Waals surface area contributed by atoms with Crippen LogP contribution in [0.25, 0.3) is 0 Å². The number of rotatable bonds is 2. The van der Waals surface area contributed by atoms with E-state index in [1.54, 1.807) is 0 Å². The van der Waals surface area contributed by atoms with Crippen LogP contribution in [-0.4, -0.2) is 45.0 Å². The number of halogens is 3. The second-order valence-corrected chi connectivity index (χ2v) is 2.79. The van der Waals surface area contributed by atoms with Crippen LogP contribution in [0.15, 0.2) is 0 Å². The zero-order chi connectivity index (χ0) is 6.12. The Morgan fingerprint density at radius 1 is 1.00 bits per heavy atom. The molecule has 0 saturated carbocycles. The van der Waals surface area contributed by atoms with Crippen LogP contribution < -0.4 is 0 Å². The first-order chi connectivity index (χ1) is 3.41. The van der Waals surface area contributed by atoms with Crippen molar-refractivity contribution < 1.29 is 0 Å². The summed E-state index contributed by atoms with van der Waals surface area (Å²) in [5, 5.41) is 0. The minimum atomic E-state index is 0. The van der Waals surface area contributed by atoms with Crippen molar-refractivity contribution >= 4 is 82.3 Å². The van der Waals surface area contributed by atoms with Crippen LogP contribution in [0.2, 0.25) is 9.38 Å². The Morgan fingerprint density at radius 3 is 1.30 bits per heavy atom. The van der Waals surface area contributed by atoms with Gasteiger partial charge in [0.05, 0.1) is 0 Å². The second kappa shape index (κ2) is 42.0. The molecule has 0 aromatic rings. The molecule has 0 unspecified atom stereocenters. The summed E-state index contributed by atoms with van der Waals surface area (Å²) in [7, 11) is 0. The fraction of sp³-hybridized carbons (Fsp3) is 1.00. The number of hydrogen-bond donors (Lipinski definition) is 0. The van der Waals surface area contributed by atoms with Crippen molar-refractivity contribution in [3.8, 4) is 0 Å². The maximum atomic E-state index is 2.23. The maximum absolute atomic E-state index is 2.23. The van der Waals surface area contributed by atoms with E-state index in [1.807, 2.05) is 0 Å². The fourth-order valence-electron chi connectivity index (χ4n) is 0.204. The van der Waals surface area contributed by atoms with E-state index in [9.17, 15) is 0 Å². The van der Waals surface area contributed by atoms with Crippen molar-refractivity contribution in [3.63, 3.8) is 0 Å². The number of hydrogen-bond acceptors (Lipinski definition) is 0. The Labute approximate surface area is 110 Å². The summed E-state index contributed by atoms with van der Waals surface area (Å²) in [6.07, 6.45) is 2.82. The van der Waals surface area contributed by atoms with Gasteiger partial charge < -0.3 is 0 Å². The van der Waals surface area contributed by atoms with E-state index in [1.165, 1.54) is 62.3 Å². The molecule has 66 valence electrons. The van der Waals surface area contributed by atoms with Gasteiger partial charge in [-0.15, -0.1) is 37.2 Å². The van der Waals surface area contributed by atoms with Gasteiger partial charge in [-0.2, -0.15) is 0 Å². The molecule has 0 aromatic carbocycles. The predicted molar refractivity (Wildman–Crippen MR) is 61.6 cm³/mol. The first-order valence-electron chi connectivity index (χ1n) is 2.69. The third-order valence-corrected chi connectivity index (χ3v) is 1.72. The molecule has 0 N–H and O–H groups in total. The summed E-state index contributed by atoms with van der Waals surface area (Å²) < 4.78 is 1.47. The molecule has 0 heterocycles. The molecule has 10 heavy (non-hydrogen) atoms. The van der Waals surface area contributed by atoms with Gasteiger partial charge in [0, 0.05) is 0 Å². The van der Waals surface area contributed by atoms with Crippen LogP contribution in [0.5, 0.6) is 0 Å². The van der Waals surface area contributed by atoms with Crippen LogP contribution in [0, 0.1) is 0 Å². The molecule has 5 heteroatoms. The van der Waals surface area contributed by atoms with Gasteiger partial charge in [0.1, 0.15) is 0 Å². The molecule has 0 aromatic heterocycles. The summed E-state index contributed by atoms with van der Waals surface area (Å²) in [5.41, 5.74) is 0. The molecule has 0 aliphatic rings. The molecule has 0 aliphatic heterocycles. The summed E-state index contributed by atoms with van der Waals surface area (Å²) in [4.78, 5) is 2.13. The molecule has 0 fully saturated rings. The molecule has 0 atom stereocenters. The van der Waals surface area contributed by atoms with Crippen LogP contribution in [-0.2, 0) is 0 Å². The summed E-state index contributed by atoms with van der Waals surface area (Å²) in [6, 6.07) is 0. The van der Waals surface area contributed by atoms with Gasteiger partial charge in [0.25, 0.3) is 0 Å². The monoisotopic (exact) mass is 422 g/mol. The molecule has 0 aliphatic carbocycles. The topological polar surface area (TPSA) is 0 Å². The van der Waals surface area contributed by atoms with E-state index >= 15 is 0 Å². The quantitative estimate of drug-likeness (QED) is 0.601. The van der Waals surface area contributed by atoms with Crippen LogP contribution in [0.1, 0.15) is 19.8 Å². The Morgan fingerprint density at radius 2 is 1.30 bits per heavy atom. The molecule has 0 spiro atoms. The first kappa shape index (κ1) is 29.4. The van der Waals surface area contributed by atoms with Crippen molar-refractivity contribution in [1.29, 1.82) is 0 Å². The van der Waals surface area contributed by atoms with E-state index in [-0.39, 0.29) is 37.2 Å². The summed E-state index contributed by atoms with van der Waals surface area (Å²) in [6.45, 7) is 2.23. The van der Waals surface area contributed by atoms with Crippen molar-refractivity contribution in [1.82, 2.24) is 0 Å². The van der Waals surface area contributed by atoms with Crippen LogP contribution in [0.4, 0.5) is 0 Å². The van der Waals surface area contributed by atoms with Crippen molar-refractivity contribution in [2.75, 3.05) is 0 Å². The molecule has 0 saturated heterocycles. The molecule has 0 bridgehead atoms. The zero-order valence-electron chi connectivity index (χ0n) is 6.50. The van der Waals surface area contributed by atoms with E-state index in [0.29, 0.717) is 0 Å². The molecule has 4 radical (unpaired) electrons. The average molecular weight is 421 g/mol. The zero-order valence-corrected chi connectivity index (χ0v) is 15.5. The van der Waals surface area contributed by atoms with Crippen molar-refractivity contribution in [3.05, 3.63) is 0 Å². The first-order valence-corrected chi connectivity index (χ1v) is 8.32. The third-order valence-electron chi connectivity index (χ3n) is 0.558. The van der Waals surface area contributed by atoms with Gasteiger partial charge in [-0.25, -0.2) is 0 Å². The molecule has 0 rings (SSSR count). The van der Waals surface area contributed by atoms with Gasteiger partial charge in [-0.05, 0) is 0 Å². The Bertz CT molecular complexity index is 22.4. The second-order valence-electron chi connectivity index (χ2n) is 1.14. The Kier molecular flexibility index (Phi) is 124. The molecule has 0 amide bonds. The van der Waals surface area contributed by atoms with E-state index < -0.39 is 0 Å². The molecule has 0 nitrogen and oxygen atoms in total. The van der Waals surface area contributed by atoms with Gasteiger partial charge in [0.15, 0.2) is 0 Å².